The molecule has 0 fully saturated rings. The van der Waals surface area contributed by atoms with Gasteiger partial charge in [-0.05, 0) is 53.2 Å². The summed E-state index contributed by atoms with van der Waals surface area (Å²) in [7, 11) is 0. The number of nitrogens with zero attached hydrogens (tertiary/aromatic N) is 4. The van der Waals surface area contributed by atoms with Gasteiger partial charge in [0, 0.05) is 32.8 Å². The van der Waals surface area contributed by atoms with Gasteiger partial charge in [0.05, 0.1) is 10.9 Å². The standard InChI is InChI=1S/C44H24N4O3/c1-3-12-25(13-4-1)41-46-42(31-20-11-19-30-28-17-9-10-21-33(28)50-40(30)31)48-43(47-41)32-24-36-37(29-18-8-7-16-27(29)32)38-34(49-36)22-23-35-39(38)45-44(51-35)26-14-5-2-6-15-26/h1-24H. The first-order valence-corrected chi connectivity index (χ1v) is 16.7. The average molecular weight is 657 g/mol. The van der Waals surface area contributed by atoms with Crippen molar-refractivity contribution in [2.75, 3.05) is 0 Å². The van der Waals surface area contributed by atoms with E-state index in [9.17, 15) is 0 Å². The Morgan fingerprint density at radius 2 is 1.00 bits per heavy atom. The van der Waals surface area contributed by atoms with E-state index in [0.29, 0.717) is 34.5 Å². The number of hydrogen-bond donors (Lipinski definition) is 0. The van der Waals surface area contributed by atoms with E-state index >= 15 is 0 Å². The van der Waals surface area contributed by atoms with Crippen molar-refractivity contribution in [1.82, 2.24) is 19.9 Å². The maximum Gasteiger partial charge on any atom is 0.227 e. The monoisotopic (exact) mass is 656 g/mol. The van der Waals surface area contributed by atoms with Gasteiger partial charge in [0.1, 0.15) is 27.8 Å². The fraction of sp³-hybridized carbons (Fsp3) is 0. The quantitative estimate of drug-likeness (QED) is 0.186. The molecule has 0 unspecified atom stereocenters. The van der Waals surface area contributed by atoms with Crippen molar-refractivity contribution in [3.8, 4) is 45.6 Å². The van der Waals surface area contributed by atoms with E-state index in [1.807, 2.05) is 121 Å². The van der Waals surface area contributed by atoms with E-state index in [1.165, 1.54) is 0 Å². The number of furan rings is 2. The van der Waals surface area contributed by atoms with E-state index in [-0.39, 0.29) is 0 Å². The lowest BCUT2D eigenvalue weighted by Gasteiger charge is -2.11. The summed E-state index contributed by atoms with van der Waals surface area (Å²) in [6, 6.07) is 48.3. The molecule has 0 atom stereocenters. The van der Waals surface area contributed by atoms with Crippen LogP contribution in [0.15, 0.2) is 159 Å². The second-order valence-electron chi connectivity index (χ2n) is 12.6. The molecule has 7 heteroatoms. The first-order chi connectivity index (χ1) is 25.3. The molecule has 0 spiro atoms. The molecule has 0 amide bonds. The lowest BCUT2D eigenvalue weighted by molar-refractivity contribution is 0.619. The normalized spacial score (nSPS) is 11.9. The van der Waals surface area contributed by atoms with E-state index in [0.717, 1.165) is 76.8 Å². The van der Waals surface area contributed by atoms with Crippen LogP contribution in [0.4, 0.5) is 0 Å². The van der Waals surface area contributed by atoms with E-state index in [4.69, 9.17) is 33.2 Å². The summed E-state index contributed by atoms with van der Waals surface area (Å²) >= 11 is 0. The molecule has 7 nitrogen and oxygen atoms in total. The van der Waals surface area contributed by atoms with Gasteiger partial charge in [0.2, 0.25) is 5.89 Å². The van der Waals surface area contributed by atoms with E-state index in [1.54, 1.807) is 0 Å². The number of hydrogen-bond acceptors (Lipinski definition) is 7. The maximum absolute atomic E-state index is 6.60. The van der Waals surface area contributed by atoms with Gasteiger partial charge in [-0.3, -0.25) is 0 Å². The molecule has 0 saturated heterocycles. The molecule has 0 bridgehead atoms. The maximum atomic E-state index is 6.60. The van der Waals surface area contributed by atoms with Crippen molar-refractivity contribution in [2.45, 2.75) is 0 Å². The number of para-hydroxylation sites is 2. The number of fused-ring (bicyclic) bond motifs is 10. The Morgan fingerprint density at radius 3 is 1.82 bits per heavy atom. The molecular formula is C44H24N4O3. The molecule has 11 aromatic rings. The topological polar surface area (TPSA) is 91.0 Å². The largest absolute Gasteiger partial charge is 0.456 e. The van der Waals surface area contributed by atoms with Crippen molar-refractivity contribution < 1.29 is 13.3 Å². The van der Waals surface area contributed by atoms with Gasteiger partial charge in [0.15, 0.2) is 23.1 Å². The van der Waals surface area contributed by atoms with Gasteiger partial charge in [-0.25, -0.2) is 19.9 Å². The van der Waals surface area contributed by atoms with E-state index in [2.05, 4.69) is 24.3 Å². The highest BCUT2D eigenvalue weighted by atomic mass is 16.4. The van der Waals surface area contributed by atoms with Crippen LogP contribution in [0.5, 0.6) is 0 Å². The summed E-state index contributed by atoms with van der Waals surface area (Å²) < 4.78 is 19.3. The molecule has 11 rings (SSSR count). The Kier molecular flexibility index (Phi) is 5.83. The van der Waals surface area contributed by atoms with Crippen LogP contribution in [-0.4, -0.2) is 19.9 Å². The van der Waals surface area contributed by atoms with Gasteiger partial charge >= 0.3 is 0 Å². The van der Waals surface area contributed by atoms with Crippen molar-refractivity contribution in [3.05, 3.63) is 146 Å². The highest BCUT2D eigenvalue weighted by Gasteiger charge is 2.23. The highest BCUT2D eigenvalue weighted by Crippen LogP contribution is 2.43. The Bertz CT molecular complexity index is 3140. The van der Waals surface area contributed by atoms with Crippen molar-refractivity contribution in [3.63, 3.8) is 0 Å². The fourth-order valence-corrected chi connectivity index (χ4v) is 7.25. The molecule has 0 N–H and O–H groups in total. The van der Waals surface area contributed by atoms with Crippen molar-refractivity contribution in [1.29, 1.82) is 0 Å². The van der Waals surface area contributed by atoms with Crippen LogP contribution in [0.2, 0.25) is 0 Å². The van der Waals surface area contributed by atoms with Crippen LogP contribution in [0, 0.1) is 0 Å². The number of benzene rings is 7. The Hall–Kier alpha value is -7.12. The van der Waals surface area contributed by atoms with Gasteiger partial charge in [-0.1, -0.05) is 103 Å². The lowest BCUT2D eigenvalue weighted by Crippen LogP contribution is -2.00. The molecule has 4 heterocycles. The van der Waals surface area contributed by atoms with Gasteiger partial charge in [0.25, 0.3) is 0 Å². The number of oxazole rings is 1. The summed E-state index contributed by atoms with van der Waals surface area (Å²) in [4.78, 5) is 20.3. The van der Waals surface area contributed by atoms with Crippen LogP contribution in [0.1, 0.15) is 0 Å². The smallest absolute Gasteiger partial charge is 0.227 e. The summed E-state index contributed by atoms with van der Waals surface area (Å²) in [5.74, 6) is 2.19. The highest BCUT2D eigenvalue weighted by molar-refractivity contribution is 6.27. The second-order valence-corrected chi connectivity index (χ2v) is 12.6. The van der Waals surface area contributed by atoms with Crippen LogP contribution in [0.3, 0.4) is 0 Å². The third kappa shape index (κ3) is 4.25. The SMILES string of the molecule is c1ccc(-c2nc(-c3cc4oc5ccc6oc(-c7ccccc7)nc6c5c4c4ccccc34)nc(-c3cccc4c3oc3ccccc34)n2)cc1. The first kappa shape index (κ1) is 27.8. The second kappa shape index (κ2) is 10.7. The molecule has 0 radical (unpaired) electrons. The third-order valence-corrected chi connectivity index (χ3v) is 9.58. The Balaban J connectivity index is 1.18. The Labute approximate surface area is 289 Å². The average Bonchev–Trinajstić information content (AvgIpc) is 3.91. The van der Waals surface area contributed by atoms with Crippen molar-refractivity contribution in [2.24, 2.45) is 0 Å². The molecule has 0 aliphatic heterocycles. The van der Waals surface area contributed by atoms with Gasteiger partial charge in [-0.15, -0.1) is 0 Å². The lowest BCUT2D eigenvalue weighted by atomic mass is 9.98. The fourth-order valence-electron chi connectivity index (χ4n) is 7.25. The zero-order chi connectivity index (χ0) is 33.5. The molecule has 0 aliphatic carbocycles. The zero-order valence-electron chi connectivity index (χ0n) is 26.9. The summed E-state index contributed by atoms with van der Waals surface area (Å²) in [5, 5.41) is 5.92. The molecule has 238 valence electrons. The summed E-state index contributed by atoms with van der Waals surface area (Å²) in [6.07, 6.45) is 0. The van der Waals surface area contributed by atoms with Crippen LogP contribution in [-0.2, 0) is 0 Å². The molecule has 0 saturated carbocycles. The Morgan fingerprint density at radius 1 is 0.353 bits per heavy atom. The van der Waals surface area contributed by atoms with Crippen LogP contribution >= 0.6 is 0 Å². The molecule has 0 aliphatic rings. The molecule has 7 aromatic carbocycles. The first-order valence-electron chi connectivity index (χ1n) is 16.7. The predicted octanol–water partition coefficient (Wildman–Crippen LogP) is 11.6. The number of aromatic nitrogens is 4. The third-order valence-electron chi connectivity index (χ3n) is 9.58. The van der Waals surface area contributed by atoms with Crippen LogP contribution < -0.4 is 0 Å². The minimum Gasteiger partial charge on any atom is -0.456 e. The minimum absolute atomic E-state index is 0.523. The van der Waals surface area contributed by atoms with E-state index < -0.39 is 0 Å². The molecular weight excluding hydrogens is 633 g/mol. The predicted molar refractivity (Wildman–Crippen MR) is 201 cm³/mol. The minimum atomic E-state index is 0.523. The summed E-state index contributed by atoms with van der Waals surface area (Å²) in [6.45, 7) is 0. The van der Waals surface area contributed by atoms with Crippen LogP contribution in [0.25, 0.3) is 111 Å². The number of rotatable bonds is 4. The van der Waals surface area contributed by atoms with Gasteiger partial charge < -0.3 is 13.3 Å². The molecule has 51 heavy (non-hydrogen) atoms. The summed E-state index contributed by atoms with van der Waals surface area (Å²) in [5.41, 5.74) is 7.87. The zero-order valence-corrected chi connectivity index (χ0v) is 26.9. The molecule has 4 aromatic heterocycles. The van der Waals surface area contributed by atoms with Crippen molar-refractivity contribution >= 4 is 65.7 Å². The van der Waals surface area contributed by atoms with Gasteiger partial charge in [-0.2, -0.15) is 0 Å².